The molecule has 2 aromatic heterocycles. The molecule has 0 saturated heterocycles. The Kier molecular flexibility index (Phi) is 6.02. The fraction of sp³-hybridized carbons (Fsp3) is 0.231. The smallest absolute Gasteiger partial charge is 0.337 e. The second-order valence-electron chi connectivity index (χ2n) is 8.39. The zero-order valence-corrected chi connectivity index (χ0v) is 19.0. The number of hydrogen-bond acceptors (Lipinski definition) is 5. The van der Waals surface area contributed by atoms with Gasteiger partial charge in [-0.05, 0) is 49.2 Å². The summed E-state index contributed by atoms with van der Waals surface area (Å²) >= 11 is 6.08. The van der Waals surface area contributed by atoms with Crippen molar-refractivity contribution in [1.82, 2.24) is 9.66 Å². The Hall–Kier alpha value is -3.71. The lowest BCUT2D eigenvalue weighted by Crippen LogP contribution is -2.25. The number of carboxylic acid groups (broad SMARTS) is 1. The molecule has 0 radical (unpaired) electrons. The van der Waals surface area contributed by atoms with E-state index in [2.05, 4.69) is 5.10 Å². The zero-order chi connectivity index (χ0) is 23.7. The van der Waals surface area contributed by atoms with Gasteiger partial charge in [-0.2, -0.15) is 9.78 Å². The fourth-order valence-electron chi connectivity index (χ4n) is 4.41. The van der Waals surface area contributed by atoms with Crippen molar-refractivity contribution in [3.63, 3.8) is 0 Å². The molecule has 0 atom stereocenters. The summed E-state index contributed by atoms with van der Waals surface area (Å²) in [6.07, 6.45) is 6.89. The van der Waals surface area contributed by atoms with Crippen molar-refractivity contribution in [2.24, 2.45) is 5.10 Å². The van der Waals surface area contributed by atoms with Crippen molar-refractivity contribution >= 4 is 34.7 Å². The van der Waals surface area contributed by atoms with Gasteiger partial charge in [-0.3, -0.25) is 4.79 Å². The molecule has 0 aliphatic heterocycles. The first kappa shape index (κ1) is 22.1. The van der Waals surface area contributed by atoms with Crippen LogP contribution < -0.4 is 5.56 Å². The molecule has 1 saturated carbocycles. The van der Waals surface area contributed by atoms with E-state index >= 15 is 0 Å². The van der Waals surface area contributed by atoms with Crippen LogP contribution in [0.4, 0.5) is 0 Å². The Balaban J connectivity index is 1.50. The number of para-hydroxylation sites is 1. The maximum absolute atomic E-state index is 13.3. The van der Waals surface area contributed by atoms with Gasteiger partial charge in [0.2, 0.25) is 0 Å². The van der Waals surface area contributed by atoms with Crippen LogP contribution in [0.3, 0.4) is 0 Å². The monoisotopic (exact) mass is 475 g/mol. The molecule has 0 spiro atoms. The number of carbonyl (C=O) groups is 1. The predicted octanol–water partition coefficient (Wildman–Crippen LogP) is 5.94. The Bertz CT molecular complexity index is 1460. The second-order valence-corrected chi connectivity index (χ2v) is 8.79. The number of aromatic nitrogens is 2. The minimum Gasteiger partial charge on any atom is -0.478 e. The van der Waals surface area contributed by atoms with Crippen LogP contribution in [0.1, 0.15) is 60.0 Å². The minimum atomic E-state index is -1.09. The highest BCUT2D eigenvalue weighted by molar-refractivity contribution is 6.33. The summed E-state index contributed by atoms with van der Waals surface area (Å²) in [5, 5.41) is 14.3. The van der Waals surface area contributed by atoms with Gasteiger partial charge in [-0.15, -0.1) is 0 Å². The van der Waals surface area contributed by atoms with Gasteiger partial charge in [0.15, 0.2) is 0 Å². The SMILES string of the molecule is O=C(O)c1ccc(-c2ccc(C=Nn3c(C4CCCCC4)nc4ccccc4c3=O)o2)cc1Cl. The maximum Gasteiger partial charge on any atom is 0.337 e. The van der Waals surface area contributed by atoms with Crippen molar-refractivity contribution in [1.29, 1.82) is 0 Å². The van der Waals surface area contributed by atoms with Crippen LogP contribution in [0.2, 0.25) is 5.02 Å². The van der Waals surface area contributed by atoms with Crippen LogP contribution in [0.25, 0.3) is 22.2 Å². The van der Waals surface area contributed by atoms with Crippen molar-refractivity contribution < 1.29 is 14.3 Å². The molecule has 5 rings (SSSR count). The Morgan fingerprint density at radius 3 is 2.68 bits per heavy atom. The van der Waals surface area contributed by atoms with E-state index < -0.39 is 5.97 Å². The number of halogens is 1. The molecule has 0 bridgehead atoms. The molecule has 1 N–H and O–H groups in total. The number of hydrogen-bond donors (Lipinski definition) is 1. The Labute approximate surface area is 200 Å². The van der Waals surface area contributed by atoms with Crippen molar-refractivity contribution in [3.05, 3.63) is 87.1 Å². The quantitative estimate of drug-likeness (QED) is 0.360. The van der Waals surface area contributed by atoms with Crippen LogP contribution in [0, 0.1) is 0 Å². The summed E-state index contributed by atoms with van der Waals surface area (Å²) < 4.78 is 7.27. The number of fused-ring (bicyclic) bond motifs is 1. The standard InChI is InChI=1S/C26H22ClN3O4/c27-21-14-17(10-12-19(21)26(32)33)23-13-11-18(34-23)15-28-30-24(16-6-2-1-3-7-16)29-22-9-5-4-8-20(22)25(30)31/h4-5,8-16H,1-3,6-7H2,(H,32,33). The summed E-state index contributed by atoms with van der Waals surface area (Å²) in [6.45, 7) is 0. The molecule has 1 fully saturated rings. The lowest BCUT2D eigenvalue weighted by atomic mass is 9.88. The first-order valence-corrected chi connectivity index (χ1v) is 11.6. The van der Waals surface area contributed by atoms with E-state index in [1.807, 2.05) is 18.2 Å². The van der Waals surface area contributed by atoms with Crippen LogP contribution in [0.5, 0.6) is 0 Å². The second kappa shape index (κ2) is 9.27. The van der Waals surface area contributed by atoms with E-state index in [1.54, 1.807) is 30.3 Å². The van der Waals surface area contributed by atoms with E-state index in [0.717, 1.165) is 25.7 Å². The third-order valence-corrected chi connectivity index (χ3v) is 6.47. The lowest BCUT2D eigenvalue weighted by molar-refractivity contribution is 0.0697. The van der Waals surface area contributed by atoms with E-state index in [-0.39, 0.29) is 22.1 Å². The Morgan fingerprint density at radius 2 is 1.91 bits per heavy atom. The number of aromatic carboxylic acids is 1. The summed E-state index contributed by atoms with van der Waals surface area (Å²) in [5.74, 6) is 0.736. The molecule has 8 heteroatoms. The minimum absolute atomic E-state index is 0.0252. The fourth-order valence-corrected chi connectivity index (χ4v) is 4.67. The van der Waals surface area contributed by atoms with Gasteiger partial charge in [-0.25, -0.2) is 9.78 Å². The Morgan fingerprint density at radius 1 is 1.12 bits per heavy atom. The largest absolute Gasteiger partial charge is 0.478 e. The van der Waals surface area contributed by atoms with E-state index in [0.29, 0.717) is 33.8 Å². The van der Waals surface area contributed by atoms with E-state index in [9.17, 15) is 9.59 Å². The molecule has 7 nitrogen and oxygen atoms in total. The molecule has 4 aromatic rings. The summed E-state index contributed by atoms with van der Waals surface area (Å²) in [6, 6.07) is 15.4. The predicted molar refractivity (Wildman–Crippen MR) is 131 cm³/mol. The van der Waals surface area contributed by atoms with Gasteiger partial charge in [0.05, 0.1) is 27.7 Å². The van der Waals surface area contributed by atoms with Gasteiger partial charge in [0.1, 0.15) is 17.3 Å². The molecule has 34 heavy (non-hydrogen) atoms. The molecule has 172 valence electrons. The van der Waals surface area contributed by atoms with Crippen molar-refractivity contribution in [2.45, 2.75) is 38.0 Å². The molecule has 0 amide bonds. The van der Waals surface area contributed by atoms with Gasteiger partial charge >= 0.3 is 5.97 Å². The first-order valence-electron chi connectivity index (χ1n) is 11.2. The van der Waals surface area contributed by atoms with Crippen molar-refractivity contribution in [2.75, 3.05) is 0 Å². The van der Waals surface area contributed by atoms with Gasteiger partial charge in [-0.1, -0.05) is 49.1 Å². The summed E-state index contributed by atoms with van der Waals surface area (Å²) in [7, 11) is 0. The third kappa shape index (κ3) is 4.26. The van der Waals surface area contributed by atoms with Crippen LogP contribution in [-0.4, -0.2) is 27.0 Å². The van der Waals surface area contributed by atoms with Crippen LogP contribution in [-0.2, 0) is 0 Å². The molecule has 2 aromatic carbocycles. The average molecular weight is 476 g/mol. The van der Waals surface area contributed by atoms with Crippen LogP contribution >= 0.6 is 11.6 Å². The third-order valence-electron chi connectivity index (χ3n) is 6.16. The normalized spacial score (nSPS) is 14.7. The van der Waals surface area contributed by atoms with E-state index in [4.69, 9.17) is 26.1 Å². The van der Waals surface area contributed by atoms with Gasteiger partial charge < -0.3 is 9.52 Å². The van der Waals surface area contributed by atoms with Crippen LogP contribution in [0.15, 0.2) is 68.9 Å². The number of furan rings is 1. The first-order chi connectivity index (χ1) is 16.5. The topological polar surface area (TPSA) is 97.7 Å². The molecule has 1 aliphatic carbocycles. The highest BCUT2D eigenvalue weighted by Crippen LogP contribution is 2.32. The molecule has 1 aliphatic rings. The lowest BCUT2D eigenvalue weighted by Gasteiger charge is -2.22. The van der Waals surface area contributed by atoms with E-state index in [1.165, 1.54) is 23.4 Å². The summed E-state index contributed by atoms with van der Waals surface area (Å²) in [5.41, 5.74) is 1.14. The molecule has 2 heterocycles. The number of carboxylic acids is 1. The van der Waals surface area contributed by atoms with Gasteiger partial charge in [0.25, 0.3) is 5.56 Å². The summed E-state index contributed by atoms with van der Waals surface area (Å²) in [4.78, 5) is 29.3. The zero-order valence-electron chi connectivity index (χ0n) is 18.3. The van der Waals surface area contributed by atoms with Gasteiger partial charge in [0, 0.05) is 11.5 Å². The highest BCUT2D eigenvalue weighted by atomic mass is 35.5. The number of benzene rings is 2. The number of nitrogens with zero attached hydrogens (tertiary/aromatic N) is 3. The maximum atomic E-state index is 13.3. The molecular weight excluding hydrogens is 454 g/mol. The highest BCUT2D eigenvalue weighted by Gasteiger charge is 2.22. The average Bonchev–Trinajstić information content (AvgIpc) is 3.33. The number of rotatable bonds is 5. The molecular formula is C26H22ClN3O4. The van der Waals surface area contributed by atoms with Crippen molar-refractivity contribution in [3.8, 4) is 11.3 Å². The molecule has 0 unspecified atom stereocenters.